The second-order valence-electron chi connectivity index (χ2n) is 4.54. The van der Waals surface area contributed by atoms with Gasteiger partial charge in [-0.05, 0) is 5.56 Å². The molecule has 2 rings (SSSR count). The van der Waals surface area contributed by atoms with Gasteiger partial charge in [-0.25, -0.2) is 0 Å². The van der Waals surface area contributed by atoms with Crippen LogP contribution in [0.1, 0.15) is 28.3 Å². The van der Waals surface area contributed by atoms with Gasteiger partial charge in [-0.3, -0.25) is 14.9 Å². The van der Waals surface area contributed by atoms with Gasteiger partial charge in [0, 0.05) is 16.9 Å². The van der Waals surface area contributed by atoms with Gasteiger partial charge in [0.25, 0.3) is 0 Å². The number of carbonyl (C=O) groups excluding carboxylic acids is 1. The average Bonchev–Trinajstić information content (AvgIpc) is 2.49. The van der Waals surface area contributed by atoms with Crippen molar-refractivity contribution in [1.82, 2.24) is 0 Å². The molecule has 4 heteroatoms. The monoisotopic (exact) mass is 269 g/mol. The third kappa shape index (κ3) is 3.51. The second kappa shape index (κ2) is 6.61. The van der Waals surface area contributed by atoms with Crippen molar-refractivity contribution < 1.29 is 9.72 Å². The Hall–Kier alpha value is -2.49. The Morgan fingerprint density at radius 3 is 2.10 bits per heavy atom. The van der Waals surface area contributed by atoms with Crippen molar-refractivity contribution in [2.45, 2.75) is 12.3 Å². The van der Waals surface area contributed by atoms with Gasteiger partial charge in [-0.15, -0.1) is 0 Å². The van der Waals surface area contributed by atoms with E-state index in [0.29, 0.717) is 5.56 Å². The Morgan fingerprint density at radius 2 is 1.55 bits per heavy atom. The average molecular weight is 269 g/mol. The second-order valence-corrected chi connectivity index (χ2v) is 4.54. The molecular formula is C16H15NO3. The number of nitrogens with zero attached hydrogens (tertiary/aromatic N) is 1. The van der Waals surface area contributed by atoms with Crippen LogP contribution in [-0.2, 0) is 0 Å². The molecule has 0 aliphatic rings. The van der Waals surface area contributed by atoms with Gasteiger partial charge < -0.3 is 0 Å². The van der Waals surface area contributed by atoms with Crippen molar-refractivity contribution in [1.29, 1.82) is 0 Å². The largest absolute Gasteiger partial charge is 0.293 e. The zero-order valence-corrected chi connectivity index (χ0v) is 10.9. The summed E-state index contributed by atoms with van der Waals surface area (Å²) in [5, 5.41) is 10.6. The summed E-state index contributed by atoms with van der Waals surface area (Å²) in [6, 6.07) is 18.1. The van der Waals surface area contributed by atoms with E-state index in [2.05, 4.69) is 0 Å². The molecule has 4 nitrogen and oxygen atoms in total. The predicted octanol–water partition coefficient (Wildman–Crippen LogP) is 3.32. The van der Waals surface area contributed by atoms with E-state index in [1.807, 2.05) is 36.4 Å². The maximum absolute atomic E-state index is 12.5. The lowest BCUT2D eigenvalue weighted by molar-refractivity contribution is -0.480. The van der Waals surface area contributed by atoms with Crippen molar-refractivity contribution in [2.24, 2.45) is 0 Å². The molecule has 0 N–H and O–H groups in total. The summed E-state index contributed by atoms with van der Waals surface area (Å²) in [6.45, 7) is -0.210. The summed E-state index contributed by atoms with van der Waals surface area (Å²) in [4.78, 5) is 22.7. The summed E-state index contributed by atoms with van der Waals surface area (Å²) in [5.41, 5.74) is 1.41. The van der Waals surface area contributed by atoms with E-state index >= 15 is 0 Å². The lowest BCUT2D eigenvalue weighted by Gasteiger charge is -2.14. The van der Waals surface area contributed by atoms with E-state index in [4.69, 9.17) is 0 Å². The first-order chi connectivity index (χ1) is 9.68. The maximum Gasteiger partial charge on any atom is 0.204 e. The molecule has 0 aliphatic heterocycles. The van der Waals surface area contributed by atoms with E-state index in [-0.39, 0.29) is 23.7 Å². The Morgan fingerprint density at radius 1 is 1.00 bits per heavy atom. The first-order valence-electron chi connectivity index (χ1n) is 6.44. The number of hydrogen-bond donors (Lipinski definition) is 0. The van der Waals surface area contributed by atoms with Crippen molar-refractivity contribution in [2.75, 3.05) is 6.54 Å². The number of hydrogen-bond acceptors (Lipinski definition) is 3. The van der Waals surface area contributed by atoms with Crippen LogP contribution in [0.2, 0.25) is 0 Å². The zero-order valence-electron chi connectivity index (χ0n) is 10.9. The fourth-order valence-electron chi connectivity index (χ4n) is 2.17. The zero-order chi connectivity index (χ0) is 14.4. The lowest BCUT2D eigenvalue weighted by Crippen LogP contribution is -2.17. The van der Waals surface area contributed by atoms with Crippen LogP contribution >= 0.6 is 0 Å². The van der Waals surface area contributed by atoms with Crippen LogP contribution in [0.5, 0.6) is 0 Å². The highest BCUT2D eigenvalue weighted by molar-refractivity contribution is 6.00. The number of carbonyl (C=O) groups is 1. The van der Waals surface area contributed by atoms with Crippen LogP contribution in [0, 0.1) is 10.1 Å². The number of rotatable bonds is 6. The molecule has 2 aromatic rings. The lowest BCUT2D eigenvalue weighted by atomic mass is 9.88. The van der Waals surface area contributed by atoms with Gasteiger partial charge in [0.1, 0.15) is 0 Å². The van der Waals surface area contributed by atoms with Crippen LogP contribution in [-0.4, -0.2) is 17.3 Å². The SMILES string of the molecule is O=C(c1ccccc1)C(CC[N+](=O)[O-])c1ccccc1. The van der Waals surface area contributed by atoms with E-state index in [1.54, 1.807) is 24.3 Å². The van der Waals surface area contributed by atoms with Crippen LogP contribution < -0.4 is 0 Å². The van der Waals surface area contributed by atoms with Gasteiger partial charge in [-0.1, -0.05) is 60.7 Å². The van der Waals surface area contributed by atoms with E-state index < -0.39 is 5.92 Å². The minimum Gasteiger partial charge on any atom is -0.293 e. The van der Waals surface area contributed by atoms with Crippen LogP contribution in [0.3, 0.4) is 0 Å². The fourth-order valence-corrected chi connectivity index (χ4v) is 2.17. The molecular weight excluding hydrogens is 254 g/mol. The summed E-state index contributed by atoms with van der Waals surface area (Å²) in [7, 11) is 0. The Kier molecular flexibility index (Phi) is 4.60. The molecule has 20 heavy (non-hydrogen) atoms. The number of benzene rings is 2. The Labute approximate surface area is 117 Å². The van der Waals surface area contributed by atoms with Crippen molar-refractivity contribution in [3.05, 3.63) is 81.9 Å². The van der Waals surface area contributed by atoms with E-state index in [0.717, 1.165) is 5.56 Å². The third-order valence-corrected chi connectivity index (χ3v) is 3.18. The third-order valence-electron chi connectivity index (χ3n) is 3.18. The summed E-state index contributed by atoms with van der Waals surface area (Å²) < 4.78 is 0. The predicted molar refractivity (Wildman–Crippen MR) is 76.4 cm³/mol. The molecule has 1 atom stereocenters. The molecule has 0 aliphatic carbocycles. The maximum atomic E-state index is 12.5. The van der Waals surface area contributed by atoms with E-state index in [9.17, 15) is 14.9 Å². The minimum atomic E-state index is -0.469. The van der Waals surface area contributed by atoms with Gasteiger partial charge in [-0.2, -0.15) is 0 Å². The highest BCUT2D eigenvalue weighted by atomic mass is 16.6. The molecule has 0 heterocycles. The number of nitro groups is 1. The first-order valence-corrected chi connectivity index (χ1v) is 6.44. The molecule has 0 bridgehead atoms. The number of ketones is 1. The van der Waals surface area contributed by atoms with Gasteiger partial charge >= 0.3 is 0 Å². The van der Waals surface area contributed by atoms with Gasteiger partial charge in [0.05, 0.1) is 5.92 Å². The molecule has 0 amide bonds. The highest BCUT2D eigenvalue weighted by Crippen LogP contribution is 2.24. The summed E-state index contributed by atoms with van der Waals surface area (Å²) in [5.74, 6) is -0.539. The molecule has 0 radical (unpaired) electrons. The van der Waals surface area contributed by atoms with Gasteiger partial charge in [0.2, 0.25) is 6.54 Å². The highest BCUT2D eigenvalue weighted by Gasteiger charge is 2.23. The molecule has 0 spiro atoms. The quantitative estimate of drug-likeness (QED) is 0.459. The van der Waals surface area contributed by atoms with Gasteiger partial charge in [0.15, 0.2) is 5.78 Å². The fraction of sp³-hybridized carbons (Fsp3) is 0.188. The first kappa shape index (κ1) is 13.9. The van der Waals surface area contributed by atoms with Crippen molar-refractivity contribution in [3.8, 4) is 0 Å². The molecule has 0 aromatic heterocycles. The van der Waals surface area contributed by atoms with Crippen LogP contribution in [0.4, 0.5) is 0 Å². The molecule has 2 aromatic carbocycles. The molecule has 0 fully saturated rings. The molecule has 0 saturated carbocycles. The molecule has 102 valence electrons. The molecule has 1 unspecified atom stereocenters. The van der Waals surface area contributed by atoms with Crippen molar-refractivity contribution in [3.63, 3.8) is 0 Å². The number of Topliss-reactive ketones (excluding diaryl/α,β-unsaturated/α-hetero) is 1. The Balaban J connectivity index is 2.27. The van der Waals surface area contributed by atoms with E-state index in [1.165, 1.54) is 0 Å². The molecule has 0 saturated heterocycles. The normalized spacial score (nSPS) is 11.8. The smallest absolute Gasteiger partial charge is 0.204 e. The summed E-state index contributed by atoms with van der Waals surface area (Å²) in [6.07, 6.45) is 0.213. The standard InChI is InChI=1S/C16H15NO3/c18-16(14-9-5-2-6-10-14)15(11-12-17(19)20)13-7-3-1-4-8-13/h1-10,15H,11-12H2. The van der Waals surface area contributed by atoms with Crippen molar-refractivity contribution >= 4 is 5.78 Å². The minimum absolute atomic E-state index is 0.0707. The Bertz CT molecular complexity index is 581. The topological polar surface area (TPSA) is 60.2 Å². The van der Waals surface area contributed by atoms with Crippen LogP contribution in [0.25, 0.3) is 0 Å². The van der Waals surface area contributed by atoms with Crippen LogP contribution in [0.15, 0.2) is 60.7 Å². The summed E-state index contributed by atoms with van der Waals surface area (Å²) >= 11 is 0.